The van der Waals surface area contributed by atoms with E-state index < -0.39 is 0 Å². The van der Waals surface area contributed by atoms with Crippen LogP contribution in [-0.2, 0) is 0 Å². The van der Waals surface area contributed by atoms with Gasteiger partial charge in [-0.2, -0.15) is 5.10 Å². The van der Waals surface area contributed by atoms with Crippen LogP contribution in [0.1, 0.15) is 0 Å². The van der Waals surface area contributed by atoms with Gasteiger partial charge in [-0.15, -0.1) is 0 Å². The third kappa shape index (κ3) is 3.86. The summed E-state index contributed by atoms with van der Waals surface area (Å²) < 4.78 is 9.13. The van der Waals surface area contributed by atoms with Crippen molar-refractivity contribution in [2.24, 2.45) is 0 Å². The van der Waals surface area contributed by atoms with Crippen molar-refractivity contribution < 1.29 is 4.74 Å². The van der Waals surface area contributed by atoms with Gasteiger partial charge in [-0.05, 0) is 42.0 Å². The van der Waals surface area contributed by atoms with Gasteiger partial charge in [0, 0.05) is 29.3 Å². The molecule has 0 spiro atoms. The number of pyridine rings is 1. The molecule has 0 aliphatic rings. The van der Waals surface area contributed by atoms with Gasteiger partial charge in [0.15, 0.2) is 5.82 Å². The van der Waals surface area contributed by atoms with Gasteiger partial charge >= 0.3 is 0 Å². The van der Waals surface area contributed by atoms with Crippen LogP contribution in [-0.4, -0.2) is 21.4 Å². The summed E-state index contributed by atoms with van der Waals surface area (Å²) in [6, 6.07) is 25.7. The van der Waals surface area contributed by atoms with Gasteiger partial charge in [-0.1, -0.05) is 54.4 Å². The minimum Gasteiger partial charge on any atom is -0.457 e. The molecule has 5 aromatic rings. The highest BCUT2D eigenvalue weighted by atomic mass is 32.2. The zero-order valence-corrected chi connectivity index (χ0v) is 18.2. The predicted octanol–water partition coefficient (Wildman–Crippen LogP) is 6.36. The van der Waals surface area contributed by atoms with Gasteiger partial charge in [0.1, 0.15) is 11.5 Å². The number of nitrogens with one attached hydrogen (secondary N) is 2. The number of nitrogen functional groups attached to an aromatic ring is 1. The molecule has 0 aliphatic heterocycles. The number of aromatic amines is 1. The molecule has 0 bridgehead atoms. The van der Waals surface area contributed by atoms with Crippen molar-refractivity contribution in [1.29, 1.82) is 0 Å². The van der Waals surface area contributed by atoms with Gasteiger partial charge in [0.2, 0.25) is 0 Å². The second kappa shape index (κ2) is 8.64. The minimum absolute atomic E-state index is 0.448. The minimum atomic E-state index is 0.448. The quantitative estimate of drug-likeness (QED) is 0.267. The molecule has 32 heavy (non-hydrogen) atoms. The highest BCUT2D eigenvalue weighted by Gasteiger charge is 2.16. The number of nitrogens with two attached hydrogens (primary N) is 1. The Morgan fingerprint density at radius 2 is 1.56 bits per heavy atom. The number of H-pyrrole nitrogens is 1. The molecule has 0 unspecified atom stereocenters. The Bertz CT molecular complexity index is 1350. The van der Waals surface area contributed by atoms with Crippen LogP contribution in [0.3, 0.4) is 0 Å². The molecule has 3 aromatic carbocycles. The van der Waals surface area contributed by atoms with E-state index >= 15 is 0 Å². The first-order chi connectivity index (χ1) is 15.7. The lowest BCUT2D eigenvalue weighted by Crippen LogP contribution is -1.92. The molecule has 0 saturated heterocycles. The molecule has 0 fully saturated rings. The Kier molecular flexibility index (Phi) is 5.39. The second-order valence-corrected chi connectivity index (χ2v) is 7.81. The monoisotopic (exact) mass is 439 g/mol. The smallest absolute Gasteiger partial charge is 0.153 e. The Labute approximate surface area is 190 Å². The number of aromatic nitrogens is 3. The van der Waals surface area contributed by atoms with Gasteiger partial charge in [-0.25, -0.2) is 0 Å². The number of hydrogen-bond acceptors (Lipinski definition) is 6. The average Bonchev–Trinajstić information content (AvgIpc) is 3.22. The van der Waals surface area contributed by atoms with Gasteiger partial charge in [-0.3, -0.25) is 10.1 Å². The lowest BCUT2D eigenvalue weighted by atomic mass is 10.0. The molecule has 6 nitrogen and oxygen atoms in total. The molecule has 0 amide bonds. The molecule has 0 atom stereocenters. The number of fused-ring (bicyclic) bond motifs is 1. The number of hydrogen-bond donors (Lipinski definition) is 3. The van der Waals surface area contributed by atoms with Crippen molar-refractivity contribution >= 4 is 34.4 Å². The van der Waals surface area contributed by atoms with Crippen molar-refractivity contribution in [3.05, 3.63) is 85.1 Å². The van der Waals surface area contributed by atoms with E-state index in [9.17, 15) is 0 Å². The summed E-state index contributed by atoms with van der Waals surface area (Å²) >= 11 is 1.56. The van der Waals surface area contributed by atoms with Gasteiger partial charge in [0.25, 0.3) is 0 Å². The Morgan fingerprint density at radius 3 is 2.28 bits per heavy atom. The van der Waals surface area contributed by atoms with Crippen LogP contribution in [0.15, 0.2) is 85.1 Å². The molecular formula is C25H21N5OS. The molecule has 4 N–H and O–H groups in total. The topological polar surface area (TPSA) is 88.8 Å². The fourth-order valence-corrected chi connectivity index (χ4v) is 4.01. The van der Waals surface area contributed by atoms with E-state index in [4.69, 9.17) is 15.5 Å². The summed E-state index contributed by atoms with van der Waals surface area (Å²) in [6.07, 6.45) is 3.84. The molecule has 0 radical (unpaired) electrons. The molecule has 2 heterocycles. The van der Waals surface area contributed by atoms with E-state index in [2.05, 4.69) is 14.9 Å². The summed E-state index contributed by atoms with van der Waals surface area (Å²) in [7, 11) is 0. The maximum absolute atomic E-state index is 6.25. The number of benzene rings is 3. The number of rotatable bonds is 6. The third-order valence-corrected chi connectivity index (χ3v) is 5.59. The Morgan fingerprint density at radius 1 is 0.875 bits per heavy atom. The predicted molar refractivity (Wildman–Crippen MR) is 133 cm³/mol. The Hall–Kier alpha value is -3.97. The van der Waals surface area contributed by atoms with Crippen molar-refractivity contribution in [2.45, 2.75) is 0 Å². The summed E-state index contributed by atoms with van der Waals surface area (Å²) in [5.41, 5.74) is 11.8. The molecule has 2 aromatic heterocycles. The zero-order valence-electron chi connectivity index (χ0n) is 17.4. The van der Waals surface area contributed by atoms with Crippen LogP contribution >= 0.6 is 11.9 Å². The highest BCUT2D eigenvalue weighted by molar-refractivity contribution is 7.99. The number of ether oxygens (including phenoxy) is 1. The lowest BCUT2D eigenvalue weighted by Gasteiger charge is -2.10. The summed E-state index contributed by atoms with van der Waals surface area (Å²) in [5.74, 6) is 2.01. The molecule has 7 heteroatoms. The Balaban J connectivity index is 1.50. The largest absolute Gasteiger partial charge is 0.457 e. The summed E-state index contributed by atoms with van der Waals surface area (Å²) in [5, 5.41) is 8.19. The first-order valence-corrected chi connectivity index (χ1v) is 11.3. The first kappa shape index (κ1) is 20.0. The second-order valence-electron chi connectivity index (χ2n) is 7.20. The van der Waals surface area contributed by atoms with E-state index in [0.717, 1.165) is 50.5 Å². The molecule has 0 aliphatic carbocycles. The SMILES string of the molecule is CSNc1ccc(-c2ncc(-c3ccc(Oc4ccccc4)cc3)c3c(N)n[nH]c23)cc1. The van der Waals surface area contributed by atoms with Crippen molar-refractivity contribution in [3.63, 3.8) is 0 Å². The number of nitrogens with zero attached hydrogens (tertiary/aromatic N) is 2. The number of anilines is 2. The number of para-hydroxylation sites is 1. The molecular weight excluding hydrogens is 418 g/mol. The van der Waals surface area contributed by atoms with Crippen LogP contribution in [0.25, 0.3) is 33.3 Å². The van der Waals surface area contributed by atoms with Crippen molar-refractivity contribution in [2.75, 3.05) is 16.7 Å². The van der Waals surface area contributed by atoms with E-state index in [1.807, 2.05) is 91.3 Å². The zero-order chi connectivity index (χ0) is 21.9. The maximum Gasteiger partial charge on any atom is 0.153 e. The standard InChI is InChI=1S/C25H21N5OS/c1-32-30-18-11-7-17(8-12-18)23-24-22(25(26)29-28-24)21(15-27-23)16-9-13-20(14-10-16)31-19-5-3-2-4-6-19/h2-15,30H,1H3,(H3,26,28,29). The van der Waals surface area contributed by atoms with Crippen LogP contribution in [0.5, 0.6) is 11.5 Å². The van der Waals surface area contributed by atoms with Crippen LogP contribution < -0.4 is 15.2 Å². The fourth-order valence-electron chi connectivity index (χ4n) is 3.64. The van der Waals surface area contributed by atoms with Gasteiger partial charge in [0.05, 0.1) is 16.6 Å². The van der Waals surface area contributed by atoms with E-state index in [0.29, 0.717) is 5.82 Å². The summed E-state index contributed by atoms with van der Waals surface area (Å²) in [4.78, 5) is 4.75. The lowest BCUT2D eigenvalue weighted by molar-refractivity contribution is 0.483. The van der Waals surface area contributed by atoms with Gasteiger partial charge < -0.3 is 15.2 Å². The third-order valence-electron chi connectivity index (χ3n) is 5.15. The normalized spacial score (nSPS) is 10.9. The van der Waals surface area contributed by atoms with Crippen LogP contribution in [0.4, 0.5) is 11.5 Å². The molecule has 0 saturated carbocycles. The van der Waals surface area contributed by atoms with E-state index in [1.165, 1.54) is 0 Å². The highest BCUT2D eigenvalue weighted by Crippen LogP contribution is 2.36. The van der Waals surface area contributed by atoms with Crippen molar-refractivity contribution in [1.82, 2.24) is 15.2 Å². The first-order valence-electron chi connectivity index (χ1n) is 10.1. The average molecular weight is 440 g/mol. The maximum atomic E-state index is 6.25. The molecule has 5 rings (SSSR count). The fraction of sp³-hybridized carbons (Fsp3) is 0.0400. The summed E-state index contributed by atoms with van der Waals surface area (Å²) in [6.45, 7) is 0. The molecule has 158 valence electrons. The van der Waals surface area contributed by atoms with E-state index in [1.54, 1.807) is 11.9 Å². The van der Waals surface area contributed by atoms with Crippen molar-refractivity contribution in [3.8, 4) is 33.9 Å². The van der Waals surface area contributed by atoms with Crippen LogP contribution in [0.2, 0.25) is 0 Å². The van der Waals surface area contributed by atoms with Crippen LogP contribution in [0, 0.1) is 0 Å². The van der Waals surface area contributed by atoms with E-state index in [-0.39, 0.29) is 0 Å².